The average molecular weight is 407 g/mol. The van der Waals surface area contributed by atoms with Crippen molar-refractivity contribution in [2.24, 2.45) is 10.7 Å². The van der Waals surface area contributed by atoms with E-state index in [1.165, 1.54) is 19.1 Å². The fourth-order valence-corrected chi connectivity index (χ4v) is 3.18. The van der Waals surface area contributed by atoms with Gasteiger partial charge in [0.25, 0.3) is 11.8 Å². The van der Waals surface area contributed by atoms with Crippen molar-refractivity contribution in [3.63, 3.8) is 0 Å². The van der Waals surface area contributed by atoms with Gasteiger partial charge in [0.2, 0.25) is 0 Å². The van der Waals surface area contributed by atoms with Crippen molar-refractivity contribution >= 4 is 23.3 Å². The second-order valence-corrected chi connectivity index (χ2v) is 6.65. The van der Waals surface area contributed by atoms with Crippen molar-refractivity contribution in [1.82, 2.24) is 9.88 Å². The number of aliphatic imine (C=N–C) groups is 1. The molecule has 1 aliphatic rings. The van der Waals surface area contributed by atoms with Crippen molar-refractivity contribution in [3.8, 4) is 0 Å². The molecule has 10 heteroatoms. The Balaban J connectivity index is 1.81. The van der Waals surface area contributed by atoms with Crippen LogP contribution in [-0.2, 0) is 6.18 Å². The third-order valence-electron chi connectivity index (χ3n) is 4.56. The summed E-state index contributed by atoms with van der Waals surface area (Å²) in [6, 6.07) is 6.71. The number of nitrogens with two attached hydrogens (primary N) is 1. The Morgan fingerprint density at radius 2 is 1.83 bits per heavy atom. The van der Waals surface area contributed by atoms with E-state index in [1.54, 1.807) is 28.1 Å². The predicted octanol–water partition coefficient (Wildman–Crippen LogP) is 2.51. The van der Waals surface area contributed by atoms with Crippen molar-refractivity contribution in [2.75, 3.05) is 31.1 Å². The Bertz CT molecular complexity index is 926. The largest absolute Gasteiger partial charge is 0.418 e. The summed E-state index contributed by atoms with van der Waals surface area (Å²) in [7, 11) is 0. The molecule has 0 atom stereocenters. The zero-order chi connectivity index (χ0) is 21.2. The second-order valence-electron chi connectivity index (χ2n) is 6.65. The number of H-pyrrole nitrogens is 1. The van der Waals surface area contributed by atoms with E-state index in [9.17, 15) is 22.8 Å². The van der Waals surface area contributed by atoms with Gasteiger partial charge in [0.05, 0.1) is 5.56 Å². The third kappa shape index (κ3) is 4.58. The minimum absolute atomic E-state index is 0.0320. The van der Waals surface area contributed by atoms with Gasteiger partial charge in [0.1, 0.15) is 11.5 Å². The van der Waals surface area contributed by atoms with Crippen LogP contribution in [0, 0.1) is 0 Å². The summed E-state index contributed by atoms with van der Waals surface area (Å²) >= 11 is 0. The Labute approximate surface area is 165 Å². The number of amides is 2. The number of halogens is 3. The quantitative estimate of drug-likeness (QED) is 0.604. The molecule has 7 nitrogen and oxygen atoms in total. The summed E-state index contributed by atoms with van der Waals surface area (Å²) in [5.74, 6) is -1.06. The molecule has 2 amide bonds. The Hall–Kier alpha value is -3.30. The molecule has 29 heavy (non-hydrogen) atoms. The van der Waals surface area contributed by atoms with Crippen LogP contribution in [0.25, 0.3) is 0 Å². The van der Waals surface area contributed by atoms with Crippen LogP contribution < -0.4 is 10.6 Å². The number of anilines is 1. The number of carbonyl (C=O) groups is 2. The van der Waals surface area contributed by atoms with Gasteiger partial charge in [0, 0.05) is 43.6 Å². The lowest BCUT2D eigenvalue weighted by atomic mass is 10.1. The molecule has 0 bridgehead atoms. The van der Waals surface area contributed by atoms with Gasteiger partial charge in [-0.25, -0.2) is 0 Å². The fraction of sp³-hybridized carbons (Fsp3) is 0.316. The molecule has 0 unspecified atom stereocenters. The summed E-state index contributed by atoms with van der Waals surface area (Å²) in [5.41, 5.74) is 4.64. The van der Waals surface area contributed by atoms with Crippen LogP contribution in [0.1, 0.15) is 33.3 Å². The summed E-state index contributed by atoms with van der Waals surface area (Å²) in [4.78, 5) is 33.8. The van der Waals surface area contributed by atoms with Crippen LogP contribution >= 0.6 is 0 Å². The molecule has 0 saturated carbocycles. The number of aromatic amines is 1. The maximum Gasteiger partial charge on any atom is 0.418 e. The summed E-state index contributed by atoms with van der Waals surface area (Å²) in [5, 5.41) is 0. The van der Waals surface area contributed by atoms with E-state index < -0.39 is 17.6 Å². The normalized spacial score (nSPS) is 15.5. The SMILES string of the molecule is C/C(N)=N/C(=O)c1ccc(N2CCN(C(=O)c3ccc[nH]3)CC2)c(C(F)(F)F)c1. The van der Waals surface area contributed by atoms with Crippen LogP contribution in [0.5, 0.6) is 0 Å². The average Bonchev–Trinajstić information content (AvgIpc) is 3.20. The van der Waals surface area contributed by atoms with Gasteiger partial charge in [-0.05, 0) is 37.3 Å². The van der Waals surface area contributed by atoms with Gasteiger partial charge >= 0.3 is 6.18 Å². The van der Waals surface area contributed by atoms with Crippen LogP contribution in [0.3, 0.4) is 0 Å². The molecule has 3 N–H and O–H groups in total. The Morgan fingerprint density at radius 3 is 2.38 bits per heavy atom. The smallest absolute Gasteiger partial charge is 0.387 e. The number of piperazine rings is 1. The van der Waals surface area contributed by atoms with Crippen molar-refractivity contribution in [3.05, 3.63) is 53.3 Å². The number of hydrogen-bond acceptors (Lipinski definition) is 3. The molecule has 1 saturated heterocycles. The summed E-state index contributed by atoms with van der Waals surface area (Å²) in [6.45, 7) is 2.43. The number of nitrogens with one attached hydrogen (secondary N) is 1. The highest BCUT2D eigenvalue weighted by molar-refractivity contribution is 6.02. The van der Waals surface area contributed by atoms with Gasteiger partial charge < -0.3 is 20.5 Å². The van der Waals surface area contributed by atoms with Gasteiger partial charge in [-0.2, -0.15) is 18.2 Å². The molecule has 0 spiro atoms. The first kappa shape index (κ1) is 20.4. The molecule has 154 valence electrons. The number of carbonyl (C=O) groups excluding carboxylic acids is 2. The number of benzene rings is 1. The second kappa shape index (κ2) is 7.98. The number of aromatic nitrogens is 1. The minimum Gasteiger partial charge on any atom is -0.387 e. The van der Waals surface area contributed by atoms with Crippen LogP contribution in [-0.4, -0.2) is 53.7 Å². The molecule has 1 aliphatic heterocycles. The molecular formula is C19H20F3N5O2. The molecule has 1 aromatic carbocycles. The number of alkyl halides is 3. The summed E-state index contributed by atoms with van der Waals surface area (Å²) in [6.07, 6.45) is -3.01. The first-order valence-electron chi connectivity index (χ1n) is 8.91. The molecule has 0 aliphatic carbocycles. The number of amidine groups is 1. The van der Waals surface area contributed by atoms with E-state index in [4.69, 9.17) is 5.73 Å². The minimum atomic E-state index is -4.65. The van der Waals surface area contributed by atoms with Gasteiger partial charge in [-0.1, -0.05) is 0 Å². The molecular weight excluding hydrogens is 387 g/mol. The van der Waals surface area contributed by atoms with Crippen molar-refractivity contribution in [1.29, 1.82) is 0 Å². The first-order valence-corrected chi connectivity index (χ1v) is 8.91. The number of hydrogen-bond donors (Lipinski definition) is 2. The predicted molar refractivity (Wildman–Crippen MR) is 102 cm³/mol. The maximum absolute atomic E-state index is 13.6. The maximum atomic E-state index is 13.6. The molecule has 2 aromatic rings. The highest BCUT2D eigenvalue weighted by Gasteiger charge is 2.36. The Kier molecular flexibility index (Phi) is 5.62. The lowest BCUT2D eigenvalue weighted by Crippen LogP contribution is -2.49. The molecule has 2 heterocycles. The first-order chi connectivity index (χ1) is 13.7. The lowest BCUT2D eigenvalue weighted by molar-refractivity contribution is -0.137. The third-order valence-corrected chi connectivity index (χ3v) is 4.56. The van der Waals surface area contributed by atoms with Crippen LogP contribution in [0.4, 0.5) is 18.9 Å². The standard InChI is InChI=1S/C19H20F3N5O2/c1-12(23)25-17(28)13-4-5-16(14(11-13)19(20,21)22)26-7-9-27(10-8-26)18(29)15-3-2-6-24-15/h2-6,11,24H,7-10H2,1H3,(H2,23,25,28). The van der Waals surface area contributed by atoms with E-state index in [2.05, 4.69) is 9.98 Å². The number of rotatable bonds is 3. The molecule has 1 fully saturated rings. The van der Waals surface area contributed by atoms with Gasteiger partial charge in [-0.3, -0.25) is 9.59 Å². The summed E-state index contributed by atoms with van der Waals surface area (Å²) < 4.78 is 40.9. The van der Waals surface area contributed by atoms with E-state index in [0.29, 0.717) is 5.69 Å². The topological polar surface area (TPSA) is 94.8 Å². The monoisotopic (exact) mass is 407 g/mol. The van der Waals surface area contributed by atoms with Crippen LogP contribution in [0.15, 0.2) is 41.5 Å². The van der Waals surface area contributed by atoms with Crippen molar-refractivity contribution < 1.29 is 22.8 Å². The zero-order valence-corrected chi connectivity index (χ0v) is 15.7. The van der Waals surface area contributed by atoms with E-state index in [1.807, 2.05) is 0 Å². The fourth-order valence-electron chi connectivity index (χ4n) is 3.18. The lowest BCUT2D eigenvalue weighted by Gasteiger charge is -2.37. The highest BCUT2D eigenvalue weighted by atomic mass is 19.4. The Morgan fingerprint density at radius 1 is 1.14 bits per heavy atom. The number of nitrogens with zero attached hydrogens (tertiary/aromatic N) is 3. The van der Waals surface area contributed by atoms with Gasteiger partial charge in [-0.15, -0.1) is 0 Å². The molecule has 1 aromatic heterocycles. The molecule has 0 radical (unpaired) electrons. The van der Waals surface area contributed by atoms with Crippen molar-refractivity contribution in [2.45, 2.75) is 13.1 Å². The van der Waals surface area contributed by atoms with E-state index >= 15 is 0 Å². The van der Waals surface area contributed by atoms with Crippen LogP contribution in [0.2, 0.25) is 0 Å². The zero-order valence-electron chi connectivity index (χ0n) is 15.7. The van der Waals surface area contributed by atoms with E-state index in [0.717, 1.165) is 6.07 Å². The van der Waals surface area contributed by atoms with E-state index in [-0.39, 0.29) is 49.2 Å². The highest BCUT2D eigenvalue weighted by Crippen LogP contribution is 2.37. The molecule has 3 rings (SSSR count). The van der Waals surface area contributed by atoms with Gasteiger partial charge in [0.15, 0.2) is 0 Å².